The molecule has 5 nitrogen and oxygen atoms in total. The first kappa shape index (κ1) is 17.4. The van der Waals surface area contributed by atoms with Crippen LogP contribution < -0.4 is 4.74 Å². The van der Waals surface area contributed by atoms with Gasteiger partial charge in [0, 0.05) is 31.4 Å². The number of amides is 1. The average Bonchev–Trinajstić information content (AvgIpc) is 3.25. The molecule has 1 aromatic heterocycles. The monoisotopic (exact) mass is 349 g/mol. The number of hydrogen-bond acceptors (Lipinski definition) is 3. The molecule has 134 valence electrons. The van der Waals surface area contributed by atoms with Gasteiger partial charge >= 0.3 is 0 Å². The molecule has 0 spiro atoms. The highest BCUT2D eigenvalue weighted by Gasteiger charge is 2.28. The predicted octanol–water partition coefficient (Wildman–Crippen LogP) is 3.01. The maximum absolute atomic E-state index is 13.5. The van der Waals surface area contributed by atoms with Crippen molar-refractivity contribution < 1.29 is 18.3 Å². The summed E-state index contributed by atoms with van der Waals surface area (Å²) in [6.07, 6.45) is 6.43. The molecule has 0 aliphatic carbocycles. The summed E-state index contributed by atoms with van der Waals surface area (Å²) in [5.41, 5.74) is 0. The van der Waals surface area contributed by atoms with Gasteiger partial charge in [0.25, 0.3) is 0 Å². The van der Waals surface area contributed by atoms with Crippen LogP contribution in [-0.4, -0.2) is 39.8 Å². The Labute approximate surface area is 145 Å². The largest absolute Gasteiger partial charge is 0.491 e. The summed E-state index contributed by atoms with van der Waals surface area (Å²) >= 11 is 0. The van der Waals surface area contributed by atoms with Crippen molar-refractivity contribution in [2.45, 2.75) is 38.3 Å². The molecule has 1 amide bonds. The number of hydrogen-bond donors (Lipinski definition) is 0. The molecule has 2 heterocycles. The minimum Gasteiger partial charge on any atom is -0.491 e. The molecule has 1 aliphatic heterocycles. The van der Waals surface area contributed by atoms with Crippen LogP contribution in [0.3, 0.4) is 0 Å². The third-order valence-corrected chi connectivity index (χ3v) is 4.34. The highest BCUT2D eigenvalue weighted by Crippen LogP contribution is 2.21. The van der Waals surface area contributed by atoms with E-state index in [1.54, 1.807) is 6.20 Å². The number of likely N-dealkylation sites (tertiary alicyclic amines) is 1. The second-order valence-electron chi connectivity index (χ2n) is 6.14. The highest BCUT2D eigenvalue weighted by atomic mass is 19.1. The molecule has 2 aromatic rings. The van der Waals surface area contributed by atoms with E-state index < -0.39 is 11.6 Å². The van der Waals surface area contributed by atoms with Crippen molar-refractivity contribution in [3.8, 4) is 5.75 Å². The van der Waals surface area contributed by atoms with Gasteiger partial charge in [0.15, 0.2) is 11.6 Å². The Kier molecular flexibility index (Phi) is 5.63. The maximum atomic E-state index is 13.5. The molecular weight excluding hydrogens is 328 g/mol. The van der Waals surface area contributed by atoms with Crippen molar-refractivity contribution >= 4 is 5.91 Å². The van der Waals surface area contributed by atoms with Crippen molar-refractivity contribution in [1.29, 1.82) is 0 Å². The molecule has 1 fully saturated rings. The molecule has 0 N–H and O–H groups in total. The SMILES string of the molecule is O=C(CCCOc1ccc(F)cc1F)N1CCC[C@@H]1Cn1cccn1. The summed E-state index contributed by atoms with van der Waals surface area (Å²) in [5.74, 6) is -1.29. The van der Waals surface area contributed by atoms with Gasteiger partial charge in [0.05, 0.1) is 19.2 Å². The highest BCUT2D eigenvalue weighted by molar-refractivity contribution is 5.76. The summed E-state index contributed by atoms with van der Waals surface area (Å²) in [5, 5.41) is 4.19. The zero-order valence-electron chi connectivity index (χ0n) is 13.9. The first-order valence-electron chi connectivity index (χ1n) is 8.48. The van der Waals surface area contributed by atoms with Gasteiger partial charge < -0.3 is 9.64 Å². The lowest BCUT2D eigenvalue weighted by atomic mass is 10.2. The molecule has 25 heavy (non-hydrogen) atoms. The summed E-state index contributed by atoms with van der Waals surface area (Å²) in [7, 11) is 0. The van der Waals surface area contributed by atoms with Crippen molar-refractivity contribution in [2.24, 2.45) is 0 Å². The Hall–Kier alpha value is -2.44. The van der Waals surface area contributed by atoms with Crippen LogP contribution in [0.2, 0.25) is 0 Å². The third kappa shape index (κ3) is 4.55. The molecule has 7 heteroatoms. The van der Waals surface area contributed by atoms with Crippen molar-refractivity contribution in [1.82, 2.24) is 14.7 Å². The third-order valence-electron chi connectivity index (χ3n) is 4.34. The van der Waals surface area contributed by atoms with Crippen molar-refractivity contribution in [3.05, 3.63) is 48.3 Å². The van der Waals surface area contributed by atoms with Crippen LogP contribution in [0.1, 0.15) is 25.7 Å². The lowest BCUT2D eigenvalue weighted by Crippen LogP contribution is -2.38. The molecule has 3 rings (SSSR count). The number of carbonyl (C=O) groups is 1. The summed E-state index contributed by atoms with van der Waals surface area (Å²) < 4.78 is 33.4. The topological polar surface area (TPSA) is 47.4 Å². The number of benzene rings is 1. The summed E-state index contributed by atoms with van der Waals surface area (Å²) in [6.45, 7) is 1.68. The van der Waals surface area contributed by atoms with Crippen molar-refractivity contribution in [2.75, 3.05) is 13.2 Å². The van der Waals surface area contributed by atoms with Gasteiger partial charge in [-0.15, -0.1) is 0 Å². The lowest BCUT2D eigenvalue weighted by molar-refractivity contribution is -0.132. The van der Waals surface area contributed by atoms with E-state index >= 15 is 0 Å². The van der Waals surface area contributed by atoms with E-state index in [0.29, 0.717) is 19.4 Å². The molecule has 0 radical (unpaired) electrons. The van der Waals surface area contributed by atoms with Crippen LogP contribution in [0.25, 0.3) is 0 Å². The second kappa shape index (κ2) is 8.09. The van der Waals surface area contributed by atoms with Gasteiger partial charge in [0.2, 0.25) is 5.91 Å². The van der Waals surface area contributed by atoms with Gasteiger partial charge in [-0.1, -0.05) is 0 Å². The normalized spacial score (nSPS) is 17.0. The molecule has 0 saturated carbocycles. The van der Waals surface area contributed by atoms with E-state index in [-0.39, 0.29) is 24.3 Å². The van der Waals surface area contributed by atoms with Gasteiger partial charge in [-0.25, -0.2) is 8.78 Å². The van der Waals surface area contributed by atoms with Crippen LogP contribution in [0.15, 0.2) is 36.7 Å². The van der Waals surface area contributed by atoms with E-state index in [9.17, 15) is 13.6 Å². The molecule has 0 bridgehead atoms. The molecular formula is C18H21F2N3O2. The Balaban J connectivity index is 1.44. The van der Waals surface area contributed by atoms with E-state index in [1.165, 1.54) is 6.07 Å². The summed E-state index contributed by atoms with van der Waals surface area (Å²) in [4.78, 5) is 14.3. The minimum atomic E-state index is -0.731. The number of rotatable bonds is 7. The van der Waals surface area contributed by atoms with E-state index in [0.717, 1.165) is 31.5 Å². The van der Waals surface area contributed by atoms with Crippen LogP contribution in [-0.2, 0) is 11.3 Å². The summed E-state index contributed by atoms with van der Waals surface area (Å²) in [6, 6.07) is 5.22. The average molecular weight is 349 g/mol. The van der Waals surface area contributed by atoms with Gasteiger partial charge in [-0.05, 0) is 37.5 Å². The minimum absolute atomic E-state index is 0.00609. The van der Waals surface area contributed by atoms with E-state index in [1.807, 2.05) is 21.8 Å². The lowest BCUT2D eigenvalue weighted by Gasteiger charge is -2.24. The Bertz CT molecular complexity index is 706. The van der Waals surface area contributed by atoms with Crippen LogP contribution in [0.4, 0.5) is 8.78 Å². The zero-order valence-corrected chi connectivity index (χ0v) is 13.9. The Morgan fingerprint density at radius 1 is 1.36 bits per heavy atom. The van der Waals surface area contributed by atoms with Gasteiger partial charge in [-0.2, -0.15) is 5.10 Å². The van der Waals surface area contributed by atoms with Gasteiger partial charge in [0.1, 0.15) is 5.82 Å². The zero-order chi connectivity index (χ0) is 17.6. The fraction of sp³-hybridized carbons (Fsp3) is 0.444. The predicted molar refractivity (Wildman–Crippen MR) is 88.0 cm³/mol. The fourth-order valence-corrected chi connectivity index (χ4v) is 3.12. The fourth-order valence-electron chi connectivity index (χ4n) is 3.12. The first-order chi connectivity index (χ1) is 12.1. The molecule has 1 aliphatic rings. The standard InChI is InChI=1S/C18H21F2N3O2/c19-14-6-7-17(16(20)12-14)25-11-2-5-18(24)23-10-1-4-15(23)13-22-9-3-8-21-22/h3,6-9,12,15H,1-2,4-5,10-11,13H2/t15-/m1/s1. The Morgan fingerprint density at radius 2 is 2.24 bits per heavy atom. The van der Waals surface area contributed by atoms with Crippen LogP contribution in [0, 0.1) is 11.6 Å². The number of carbonyl (C=O) groups excluding carboxylic acids is 1. The number of aromatic nitrogens is 2. The molecule has 0 unspecified atom stereocenters. The van der Waals surface area contributed by atoms with Crippen molar-refractivity contribution in [3.63, 3.8) is 0 Å². The molecule has 1 saturated heterocycles. The maximum Gasteiger partial charge on any atom is 0.223 e. The molecule has 1 atom stereocenters. The smallest absolute Gasteiger partial charge is 0.223 e. The number of nitrogens with zero attached hydrogens (tertiary/aromatic N) is 3. The quantitative estimate of drug-likeness (QED) is 0.722. The van der Waals surface area contributed by atoms with E-state index in [4.69, 9.17) is 4.74 Å². The number of ether oxygens (including phenoxy) is 1. The molecule has 1 aromatic carbocycles. The first-order valence-corrected chi connectivity index (χ1v) is 8.48. The second-order valence-corrected chi connectivity index (χ2v) is 6.14. The van der Waals surface area contributed by atoms with Crippen LogP contribution in [0.5, 0.6) is 5.75 Å². The van der Waals surface area contributed by atoms with E-state index in [2.05, 4.69) is 5.10 Å². The van der Waals surface area contributed by atoms with Gasteiger partial charge in [-0.3, -0.25) is 9.48 Å². The van der Waals surface area contributed by atoms with Crippen LogP contribution >= 0.6 is 0 Å². The Morgan fingerprint density at radius 3 is 3.00 bits per heavy atom. The number of halogens is 2.